The summed E-state index contributed by atoms with van der Waals surface area (Å²) in [6, 6.07) is 19.7. The Bertz CT molecular complexity index is 868. The molecule has 0 bridgehead atoms. The number of halogens is 2. The minimum Gasteiger partial charge on any atom is -0.354 e. The van der Waals surface area contributed by atoms with Gasteiger partial charge in [0, 0.05) is 10.2 Å². The molecule has 102 valence electrons. The summed E-state index contributed by atoms with van der Waals surface area (Å²) in [6.07, 6.45) is 0. The molecule has 3 rings (SSSR count). The fourth-order valence-electron chi connectivity index (χ4n) is 2.19. The third-order valence-corrected chi connectivity index (χ3v) is 4.01. The zero-order chi connectivity index (χ0) is 14.8. The van der Waals surface area contributed by atoms with E-state index in [0.717, 1.165) is 20.9 Å². The van der Waals surface area contributed by atoms with E-state index >= 15 is 0 Å². The molecule has 2 nitrogen and oxygen atoms in total. The quantitative estimate of drug-likeness (QED) is 0.622. The zero-order valence-electron chi connectivity index (χ0n) is 10.9. The topological polar surface area (TPSA) is 35.8 Å². The standard InChI is InChI=1S/C17H10BrClN2/c18-13-6-4-12-9-14(7-5-11(12)8-13)21-17-3-1-2-16(19)15(17)10-20/h1-9,21H. The predicted molar refractivity (Wildman–Crippen MR) is 91.1 cm³/mol. The highest BCUT2D eigenvalue weighted by Crippen LogP contribution is 2.28. The first-order valence-corrected chi connectivity index (χ1v) is 7.49. The van der Waals surface area contributed by atoms with Gasteiger partial charge >= 0.3 is 0 Å². The van der Waals surface area contributed by atoms with Gasteiger partial charge in [-0.15, -0.1) is 0 Å². The largest absolute Gasteiger partial charge is 0.354 e. The normalized spacial score (nSPS) is 10.3. The lowest BCUT2D eigenvalue weighted by Crippen LogP contribution is -1.94. The molecule has 1 N–H and O–H groups in total. The molecule has 0 amide bonds. The fourth-order valence-corrected chi connectivity index (χ4v) is 2.79. The van der Waals surface area contributed by atoms with Crippen LogP contribution in [-0.2, 0) is 0 Å². The second-order valence-corrected chi connectivity index (χ2v) is 5.93. The highest BCUT2D eigenvalue weighted by atomic mass is 79.9. The maximum atomic E-state index is 9.20. The van der Waals surface area contributed by atoms with Crippen molar-refractivity contribution in [2.75, 3.05) is 5.32 Å². The van der Waals surface area contributed by atoms with E-state index in [1.165, 1.54) is 0 Å². The molecule has 0 spiro atoms. The van der Waals surface area contributed by atoms with E-state index in [2.05, 4.69) is 33.4 Å². The van der Waals surface area contributed by atoms with Gasteiger partial charge in [0.2, 0.25) is 0 Å². The molecular formula is C17H10BrClN2. The van der Waals surface area contributed by atoms with Crippen LogP contribution in [0.25, 0.3) is 10.8 Å². The van der Waals surface area contributed by atoms with Crippen LogP contribution < -0.4 is 5.32 Å². The summed E-state index contributed by atoms with van der Waals surface area (Å²) in [5.41, 5.74) is 2.08. The van der Waals surface area contributed by atoms with Crippen molar-refractivity contribution in [2.45, 2.75) is 0 Å². The second-order valence-electron chi connectivity index (χ2n) is 4.61. The van der Waals surface area contributed by atoms with E-state index < -0.39 is 0 Å². The predicted octanol–water partition coefficient (Wildman–Crippen LogP) is 5.87. The van der Waals surface area contributed by atoms with Crippen molar-refractivity contribution >= 4 is 49.7 Å². The van der Waals surface area contributed by atoms with E-state index in [-0.39, 0.29) is 0 Å². The first-order chi connectivity index (χ1) is 10.2. The summed E-state index contributed by atoms with van der Waals surface area (Å²) < 4.78 is 1.05. The molecule has 4 heteroatoms. The Labute approximate surface area is 136 Å². The summed E-state index contributed by atoms with van der Waals surface area (Å²) in [5.74, 6) is 0. The lowest BCUT2D eigenvalue weighted by molar-refractivity contribution is 1.46. The number of rotatable bonds is 2. The first-order valence-electron chi connectivity index (χ1n) is 6.32. The molecule has 0 saturated carbocycles. The molecule has 0 atom stereocenters. The number of hydrogen-bond donors (Lipinski definition) is 1. The Morgan fingerprint density at radius 3 is 2.57 bits per heavy atom. The SMILES string of the molecule is N#Cc1c(Cl)cccc1Nc1ccc2cc(Br)ccc2c1. The minimum absolute atomic E-state index is 0.451. The Morgan fingerprint density at radius 2 is 1.76 bits per heavy atom. The molecule has 0 aliphatic rings. The van der Waals surface area contributed by atoms with Gasteiger partial charge in [-0.25, -0.2) is 0 Å². The summed E-state index contributed by atoms with van der Waals surface area (Å²) in [5, 5.41) is 15.2. The van der Waals surface area contributed by atoms with Crippen molar-refractivity contribution in [1.29, 1.82) is 5.26 Å². The highest BCUT2D eigenvalue weighted by molar-refractivity contribution is 9.10. The van der Waals surface area contributed by atoms with Gasteiger partial charge in [0.05, 0.1) is 16.3 Å². The number of benzene rings is 3. The zero-order valence-corrected chi connectivity index (χ0v) is 13.2. The van der Waals surface area contributed by atoms with Gasteiger partial charge in [0.1, 0.15) is 6.07 Å². The molecule has 0 aliphatic heterocycles. The van der Waals surface area contributed by atoms with Crippen LogP contribution in [0.5, 0.6) is 0 Å². The fraction of sp³-hybridized carbons (Fsp3) is 0. The van der Waals surface area contributed by atoms with Crippen LogP contribution in [0.1, 0.15) is 5.56 Å². The summed E-state index contributed by atoms with van der Waals surface area (Å²) >= 11 is 9.51. The van der Waals surface area contributed by atoms with E-state index in [0.29, 0.717) is 16.3 Å². The van der Waals surface area contributed by atoms with Crippen molar-refractivity contribution in [3.8, 4) is 6.07 Å². The van der Waals surface area contributed by atoms with Gasteiger partial charge in [-0.05, 0) is 47.2 Å². The van der Waals surface area contributed by atoms with Crippen LogP contribution in [-0.4, -0.2) is 0 Å². The Hall–Kier alpha value is -2.02. The highest BCUT2D eigenvalue weighted by Gasteiger charge is 2.06. The maximum absolute atomic E-state index is 9.20. The van der Waals surface area contributed by atoms with Crippen molar-refractivity contribution in [3.05, 3.63) is 69.7 Å². The third-order valence-electron chi connectivity index (χ3n) is 3.21. The molecule has 3 aromatic carbocycles. The van der Waals surface area contributed by atoms with Gasteiger partial charge < -0.3 is 5.32 Å². The molecule has 0 radical (unpaired) electrons. The summed E-state index contributed by atoms with van der Waals surface area (Å²) in [7, 11) is 0. The van der Waals surface area contributed by atoms with Crippen molar-refractivity contribution in [2.24, 2.45) is 0 Å². The van der Waals surface area contributed by atoms with Gasteiger partial charge in [-0.2, -0.15) is 5.26 Å². The monoisotopic (exact) mass is 356 g/mol. The van der Waals surface area contributed by atoms with Gasteiger partial charge in [0.15, 0.2) is 0 Å². The molecule has 0 aromatic heterocycles. The van der Waals surface area contributed by atoms with Crippen LogP contribution in [0.15, 0.2) is 59.1 Å². The van der Waals surface area contributed by atoms with Crippen molar-refractivity contribution in [3.63, 3.8) is 0 Å². The molecule has 0 unspecified atom stereocenters. The number of anilines is 2. The number of fused-ring (bicyclic) bond motifs is 1. The van der Waals surface area contributed by atoms with E-state index in [1.807, 2.05) is 42.5 Å². The average Bonchev–Trinajstić information content (AvgIpc) is 2.48. The number of nitrogens with one attached hydrogen (secondary N) is 1. The molecule has 0 fully saturated rings. The Balaban J connectivity index is 2.01. The number of nitrogens with zero attached hydrogens (tertiary/aromatic N) is 1. The van der Waals surface area contributed by atoms with Crippen LogP contribution in [0, 0.1) is 11.3 Å². The smallest absolute Gasteiger partial charge is 0.103 e. The van der Waals surface area contributed by atoms with Crippen molar-refractivity contribution in [1.82, 2.24) is 0 Å². The summed E-state index contributed by atoms with van der Waals surface area (Å²) in [6.45, 7) is 0. The average molecular weight is 358 g/mol. The Kier molecular flexibility index (Phi) is 3.83. The van der Waals surface area contributed by atoms with Crippen molar-refractivity contribution < 1.29 is 0 Å². The maximum Gasteiger partial charge on any atom is 0.103 e. The van der Waals surface area contributed by atoms with E-state index in [4.69, 9.17) is 11.6 Å². The molecule has 21 heavy (non-hydrogen) atoms. The number of hydrogen-bond acceptors (Lipinski definition) is 2. The third kappa shape index (κ3) is 2.87. The first kappa shape index (κ1) is 13.9. The van der Waals surface area contributed by atoms with E-state index in [9.17, 15) is 5.26 Å². The lowest BCUT2D eigenvalue weighted by Gasteiger charge is -2.10. The van der Waals surface area contributed by atoms with Gasteiger partial charge in [-0.3, -0.25) is 0 Å². The molecule has 3 aromatic rings. The van der Waals surface area contributed by atoms with E-state index in [1.54, 1.807) is 6.07 Å². The summed E-state index contributed by atoms with van der Waals surface area (Å²) in [4.78, 5) is 0. The van der Waals surface area contributed by atoms with Gasteiger partial charge in [-0.1, -0.05) is 45.7 Å². The molecule has 0 heterocycles. The van der Waals surface area contributed by atoms with Crippen LogP contribution >= 0.6 is 27.5 Å². The molecule has 0 saturated heterocycles. The Morgan fingerprint density at radius 1 is 1.00 bits per heavy atom. The van der Waals surface area contributed by atoms with Gasteiger partial charge in [0.25, 0.3) is 0 Å². The molecular weight excluding hydrogens is 348 g/mol. The number of nitriles is 1. The van der Waals surface area contributed by atoms with Crippen LogP contribution in [0.3, 0.4) is 0 Å². The van der Waals surface area contributed by atoms with Crippen LogP contribution in [0.4, 0.5) is 11.4 Å². The molecule has 0 aliphatic carbocycles. The lowest BCUT2D eigenvalue weighted by atomic mass is 10.1. The second kappa shape index (κ2) is 5.77. The van der Waals surface area contributed by atoms with Crippen LogP contribution in [0.2, 0.25) is 5.02 Å². The minimum atomic E-state index is 0.451.